The van der Waals surface area contributed by atoms with E-state index in [2.05, 4.69) is 5.16 Å². The molecule has 4 heterocycles. The summed E-state index contributed by atoms with van der Waals surface area (Å²) in [5, 5.41) is 2.71. The molecule has 1 amide bonds. The van der Waals surface area contributed by atoms with Crippen molar-refractivity contribution in [2.75, 3.05) is 19.7 Å². The molecule has 0 radical (unpaired) electrons. The molecule has 0 aliphatic carbocycles. The average molecular weight is 581 g/mol. The smallest absolute Gasteiger partial charge is 0.435 e. The number of carbonyl (C=O) groups excluding carboxylic acids is 1. The molecule has 5 rings (SSSR count). The van der Waals surface area contributed by atoms with Crippen molar-refractivity contribution in [1.29, 1.82) is 0 Å². The van der Waals surface area contributed by atoms with Gasteiger partial charge >= 0.3 is 12.3 Å². The Morgan fingerprint density at radius 3 is 2.41 bits per heavy atom. The van der Waals surface area contributed by atoms with Crippen LogP contribution in [0.15, 0.2) is 23.4 Å². The van der Waals surface area contributed by atoms with Gasteiger partial charge in [0.1, 0.15) is 16.9 Å². The molecule has 1 spiro atoms. The lowest BCUT2D eigenvalue weighted by molar-refractivity contribution is -0.275. The van der Waals surface area contributed by atoms with E-state index in [1.54, 1.807) is 26.8 Å². The zero-order valence-electron chi connectivity index (χ0n) is 20.0. The van der Waals surface area contributed by atoms with Gasteiger partial charge in [-0.25, -0.2) is 9.18 Å². The fraction of sp³-hybridized carbons (Fsp3) is 0.500. The number of amides is 1. The van der Waals surface area contributed by atoms with E-state index in [4.69, 9.17) is 37.5 Å². The van der Waals surface area contributed by atoms with Crippen LogP contribution in [0.3, 0.4) is 0 Å². The highest BCUT2D eigenvalue weighted by Gasteiger charge is 2.63. The van der Waals surface area contributed by atoms with Gasteiger partial charge < -0.3 is 19.2 Å². The van der Waals surface area contributed by atoms with Gasteiger partial charge in [0.15, 0.2) is 5.82 Å². The molecule has 13 heteroatoms. The van der Waals surface area contributed by atoms with E-state index < -0.39 is 56.9 Å². The fourth-order valence-electron chi connectivity index (χ4n) is 4.65. The maximum Gasteiger partial charge on any atom is 0.435 e. The molecule has 37 heavy (non-hydrogen) atoms. The summed E-state index contributed by atoms with van der Waals surface area (Å²) in [6.45, 7) is 6.29. The molecular weight excluding hydrogens is 559 g/mol. The van der Waals surface area contributed by atoms with Gasteiger partial charge in [-0.15, -0.1) is 11.3 Å². The molecule has 1 saturated heterocycles. The number of oxime groups is 1. The van der Waals surface area contributed by atoms with Crippen molar-refractivity contribution < 1.29 is 36.7 Å². The van der Waals surface area contributed by atoms with E-state index in [0.717, 1.165) is 22.6 Å². The standard InChI is InChI=1S/C24H22Cl2F4N2O4S/c1-21(2,3)35-20(33)32-10-22(11-32)19-12(4-5-34-22)6-17(37-19)16-9-23(36-31-16,24(28,29)30)13-7-14(25)18(27)15(26)8-13/h6-8H,4-5,9-11H2,1-3H3. The summed E-state index contributed by atoms with van der Waals surface area (Å²) in [7, 11) is 0. The van der Waals surface area contributed by atoms with E-state index in [1.165, 1.54) is 16.2 Å². The number of halogens is 6. The molecular formula is C24H22Cl2F4N2O4S. The lowest BCUT2D eigenvalue weighted by Gasteiger charge is -2.50. The maximum absolute atomic E-state index is 14.4. The van der Waals surface area contributed by atoms with Gasteiger partial charge in [-0.3, -0.25) is 0 Å². The highest BCUT2D eigenvalue weighted by atomic mass is 35.5. The molecule has 2 aromatic rings. The van der Waals surface area contributed by atoms with Gasteiger partial charge in [0.2, 0.25) is 0 Å². The number of carbonyl (C=O) groups is 1. The first-order chi connectivity index (χ1) is 17.1. The molecule has 1 unspecified atom stereocenters. The van der Waals surface area contributed by atoms with Crippen molar-refractivity contribution >= 4 is 46.3 Å². The first kappa shape index (κ1) is 26.5. The number of hydrogen-bond acceptors (Lipinski definition) is 6. The van der Waals surface area contributed by atoms with Crippen molar-refractivity contribution in [3.63, 3.8) is 0 Å². The normalized spacial score (nSPS) is 22.8. The third kappa shape index (κ3) is 4.47. The van der Waals surface area contributed by atoms with Gasteiger partial charge in [0.05, 0.1) is 41.0 Å². The zero-order valence-corrected chi connectivity index (χ0v) is 22.3. The fourth-order valence-corrected chi connectivity index (χ4v) is 6.45. The SMILES string of the molecule is CC(C)(C)OC(=O)N1CC2(C1)OCCc1cc(C3=NOC(c4cc(Cl)c(F)c(Cl)c4)(C(F)(F)F)C3)sc12. The minimum Gasteiger partial charge on any atom is -0.444 e. The van der Waals surface area contributed by atoms with Crippen LogP contribution >= 0.6 is 34.5 Å². The predicted octanol–water partition coefficient (Wildman–Crippen LogP) is 6.79. The van der Waals surface area contributed by atoms with Gasteiger partial charge in [-0.05, 0) is 51.0 Å². The Labute approximate surface area is 224 Å². The van der Waals surface area contributed by atoms with Crippen molar-refractivity contribution in [2.45, 2.75) is 56.6 Å². The number of thiophene rings is 1. The summed E-state index contributed by atoms with van der Waals surface area (Å²) in [6.07, 6.45) is -5.43. The molecule has 1 aromatic carbocycles. The number of benzene rings is 1. The predicted molar refractivity (Wildman–Crippen MR) is 130 cm³/mol. The minimum absolute atomic E-state index is 0.0896. The Morgan fingerprint density at radius 2 is 1.81 bits per heavy atom. The highest BCUT2D eigenvalue weighted by molar-refractivity contribution is 7.14. The van der Waals surface area contributed by atoms with Crippen LogP contribution in [0.25, 0.3) is 0 Å². The lowest BCUT2D eigenvalue weighted by atomic mass is 9.86. The number of ether oxygens (including phenoxy) is 2. The van der Waals surface area contributed by atoms with E-state index in [0.29, 0.717) is 17.9 Å². The van der Waals surface area contributed by atoms with Crippen molar-refractivity contribution in [3.05, 3.63) is 54.9 Å². The monoisotopic (exact) mass is 580 g/mol. The van der Waals surface area contributed by atoms with Gasteiger partial charge in [0.25, 0.3) is 5.60 Å². The molecule has 1 fully saturated rings. The summed E-state index contributed by atoms with van der Waals surface area (Å²) < 4.78 is 68.5. The third-order valence-electron chi connectivity index (χ3n) is 6.44. The molecule has 1 atom stereocenters. The summed E-state index contributed by atoms with van der Waals surface area (Å²) in [4.78, 5) is 20.4. The van der Waals surface area contributed by atoms with Gasteiger partial charge in [-0.1, -0.05) is 28.4 Å². The van der Waals surface area contributed by atoms with Crippen LogP contribution in [0.2, 0.25) is 10.0 Å². The Kier molecular flexibility index (Phi) is 6.25. The van der Waals surface area contributed by atoms with Crippen LogP contribution < -0.4 is 0 Å². The van der Waals surface area contributed by atoms with E-state index in [1.807, 2.05) is 0 Å². The Morgan fingerprint density at radius 1 is 1.16 bits per heavy atom. The number of rotatable bonds is 2. The average Bonchev–Trinajstić information content (AvgIpc) is 3.39. The highest BCUT2D eigenvalue weighted by Crippen LogP contribution is 2.52. The minimum atomic E-state index is -4.90. The van der Waals surface area contributed by atoms with Crippen LogP contribution in [0, 0.1) is 5.82 Å². The van der Waals surface area contributed by atoms with Gasteiger partial charge in [0, 0.05) is 10.4 Å². The molecule has 0 N–H and O–H groups in total. The van der Waals surface area contributed by atoms with Gasteiger partial charge in [-0.2, -0.15) is 13.2 Å². The molecule has 0 saturated carbocycles. The molecule has 0 bridgehead atoms. The van der Waals surface area contributed by atoms with Crippen molar-refractivity contribution in [3.8, 4) is 0 Å². The second-order valence-corrected chi connectivity index (χ2v) is 12.1. The second-order valence-electron chi connectivity index (χ2n) is 10.3. The molecule has 3 aliphatic rings. The van der Waals surface area contributed by atoms with Crippen LogP contribution in [-0.2, 0) is 31.9 Å². The topological polar surface area (TPSA) is 60.4 Å². The quantitative estimate of drug-likeness (QED) is 0.290. The summed E-state index contributed by atoms with van der Waals surface area (Å²) in [6, 6.07) is 3.51. The van der Waals surface area contributed by atoms with E-state index >= 15 is 0 Å². The maximum atomic E-state index is 14.4. The van der Waals surface area contributed by atoms with Crippen LogP contribution in [0.1, 0.15) is 48.1 Å². The Balaban J connectivity index is 1.41. The number of fused-ring (bicyclic) bond motifs is 2. The van der Waals surface area contributed by atoms with E-state index in [-0.39, 0.29) is 18.8 Å². The first-order valence-corrected chi connectivity index (χ1v) is 12.9. The van der Waals surface area contributed by atoms with Crippen molar-refractivity contribution in [2.24, 2.45) is 5.16 Å². The third-order valence-corrected chi connectivity index (χ3v) is 8.40. The van der Waals surface area contributed by atoms with Crippen LogP contribution in [0.4, 0.5) is 22.4 Å². The Bertz CT molecular complexity index is 1280. The second kappa shape index (κ2) is 8.72. The number of nitrogens with zero attached hydrogens (tertiary/aromatic N) is 2. The zero-order chi connectivity index (χ0) is 27.0. The van der Waals surface area contributed by atoms with Crippen LogP contribution in [-0.4, -0.2) is 48.2 Å². The number of alkyl halides is 3. The molecule has 1 aromatic heterocycles. The summed E-state index contributed by atoms with van der Waals surface area (Å²) in [5.74, 6) is -1.01. The van der Waals surface area contributed by atoms with Crippen molar-refractivity contribution in [1.82, 2.24) is 4.90 Å². The first-order valence-electron chi connectivity index (χ1n) is 11.4. The summed E-state index contributed by atoms with van der Waals surface area (Å²) in [5.41, 5.74) is -3.68. The lowest BCUT2D eigenvalue weighted by Crippen LogP contribution is -2.64. The largest absolute Gasteiger partial charge is 0.444 e. The molecule has 6 nitrogen and oxygen atoms in total. The Hall–Kier alpha value is -2.08. The number of hydrogen-bond donors (Lipinski definition) is 0. The molecule has 200 valence electrons. The molecule has 3 aliphatic heterocycles. The van der Waals surface area contributed by atoms with E-state index in [9.17, 15) is 22.4 Å². The van der Waals surface area contributed by atoms with Crippen LogP contribution in [0.5, 0.6) is 0 Å². The number of likely N-dealkylation sites (tertiary alicyclic amines) is 1. The summed E-state index contributed by atoms with van der Waals surface area (Å²) >= 11 is 12.8.